The minimum Gasteiger partial charge on any atom is -0.405 e. The first-order valence-electron chi connectivity index (χ1n) is 6.51. The summed E-state index contributed by atoms with van der Waals surface area (Å²) in [6.45, 7) is 1.94. The van der Waals surface area contributed by atoms with Gasteiger partial charge in [0.15, 0.2) is 0 Å². The standard InChI is InChI=1S/C16H16F3NO/c1-11-6-2-3-7-12(11)10-14(20)13-8-4-5-9-15(13)21-16(17,18)19/h2-9,14H,10,20H2,1H3. The Hall–Kier alpha value is -2.01. The molecule has 0 saturated carbocycles. The van der Waals surface area contributed by atoms with Crippen molar-refractivity contribution in [2.24, 2.45) is 5.73 Å². The highest BCUT2D eigenvalue weighted by Crippen LogP contribution is 2.31. The van der Waals surface area contributed by atoms with E-state index >= 15 is 0 Å². The van der Waals surface area contributed by atoms with Gasteiger partial charge in [-0.2, -0.15) is 0 Å². The van der Waals surface area contributed by atoms with E-state index in [9.17, 15) is 13.2 Å². The molecule has 1 atom stereocenters. The zero-order valence-corrected chi connectivity index (χ0v) is 11.5. The second kappa shape index (κ2) is 6.18. The summed E-state index contributed by atoms with van der Waals surface area (Å²) in [5.74, 6) is -0.244. The van der Waals surface area contributed by atoms with Gasteiger partial charge in [0.05, 0.1) is 0 Å². The van der Waals surface area contributed by atoms with Crippen LogP contribution in [0.1, 0.15) is 22.7 Å². The molecule has 1 unspecified atom stereocenters. The van der Waals surface area contributed by atoms with Gasteiger partial charge >= 0.3 is 6.36 Å². The molecule has 0 aromatic heterocycles. The van der Waals surface area contributed by atoms with E-state index in [-0.39, 0.29) is 5.75 Å². The van der Waals surface area contributed by atoms with Gasteiger partial charge < -0.3 is 10.5 Å². The van der Waals surface area contributed by atoms with Gasteiger partial charge in [0.25, 0.3) is 0 Å². The fraction of sp³-hybridized carbons (Fsp3) is 0.250. The van der Waals surface area contributed by atoms with Crippen LogP contribution >= 0.6 is 0 Å². The number of benzene rings is 2. The van der Waals surface area contributed by atoms with Gasteiger partial charge in [0, 0.05) is 11.6 Å². The van der Waals surface area contributed by atoms with Crippen LogP contribution in [0.4, 0.5) is 13.2 Å². The van der Waals surface area contributed by atoms with Crippen molar-refractivity contribution in [1.29, 1.82) is 0 Å². The Labute approximate surface area is 121 Å². The molecule has 0 saturated heterocycles. The summed E-state index contributed by atoms with van der Waals surface area (Å²) in [6, 6.07) is 13.1. The number of para-hydroxylation sites is 1. The van der Waals surface area contributed by atoms with Crippen LogP contribution in [0.15, 0.2) is 48.5 Å². The van der Waals surface area contributed by atoms with Gasteiger partial charge in [-0.25, -0.2) is 0 Å². The van der Waals surface area contributed by atoms with E-state index in [1.807, 2.05) is 31.2 Å². The molecule has 0 aliphatic heterocycles. The Kier molecular flexibility index (Phi) is 4.53. The van der Waals surface area contributed by atoms with Crippen molar-refractivity contribution in [3.05, 3.63) is 65.2 Å². The zero-order valence-electron chi connectivity index (χ0n) is 11.5. The van der Waals surface area contributed by atoms with Gasteiger partial charge in [0.2, 0.25) is 0 Å². The van der Waals surface area contributed by atoms with Crippen LogP contribution in [-0.4, -0.2) is 6.36 Å². The SMILES string of the molecule is Cc1ccccc1CC(N)c1ccccc1OC(F)(F)F. The second-order valence-electron chi connectivity index (χ2n) is 4.82. The Balaban J connectivity index is 2.23. The zero-order chi connectivity index (χ0) is 15.5. The molecule has 2 N–H and O–H groups in total. The third kappa shape index (κ3) is 4.23. The van der Waals surface area contributed by atoms with E-state index < -0.39 is 12.4 Å². The van der Waals surface area contributed by atoms with Crippen molar-refractivity contribution < 1.29 is 17.9 Å². The number of hydrogen-bond acceptors (Lipinski definition) is 2. The highest BCUT2D eigenvalue weighted by Gasteiger charge is 2.32. The molecular weight excluding hydrogens is 279 g/mol. The van der Waals surface area contributed by atoms with Crippen molar-refractivity contribution in [2.45, 2.75) is 25.7 Å². The lowest BCUT2D eigenvalue weighted by molar-refractivity contribution is -0.275. The topological polar surface area (TPSA) is 35.2 Å². The maximum absolute atomic E-state index is 12.4. The van der Waals surface area contributed by atoms with Crippen LogP contribution in [0, 0.1) is 6.92 Å². The molecule has 21 heavy (non-hydrogen) atoms. The average molecular weight is 295 g/mol. The molecule has 0 bridgehead atoms. The Bertz CT molecular complexity index is 610. The molecular formula is C16H16F3NO. The maximum Gasteiger partial charge on any atom is 0.573 e. The normalized spacial score (nSPS) is 13.0. The van der Waals surface area contributed by atoms with E-state index in [1.165, 1.54) is 12.1 Å². The van der Waals surface area contributed by atoms with Crippen molar-refractivity contribution in [2.75, 3.05) is 0 Å². The number of nitrogens with two attached hydrogens (primary N) is 1. The number of rotatable bonds is 4. The third-order valence-corrected chi connectivity index (χ3v) is 3.25. The fourth-order valence-electron chi connectivity index (χ4n) is 2.19. The van der Waals surface area contributed by atoms with E-state index in [0.717, 1.165) is 11.1 Å². The largest absolute Gasteiger partial charge is 0.573 e. The Morgan fingerprint density at radius 2 is 1.67 bits per heavy atom. The first-order valence-corrected chi connectivity index (χ1v) is 6.51. The fourth-order valence-corrected chi connectivity index (χ4v) is 2.19. The van der Waals surface area contributed by atoms with Crippen LogP contribution in [0.2, 0.25) is 0 Å². The van der Waals surface area contributed by atoms with E-state index in [1.54, 1.807) is 12.1 Å². The lowest BCUT2D eigenvalue weighted by Crippen LogP contribution is -2.21. The van der Waals surface area contributed by atoms with Crippen LogP contribution in [-0.2, 0) is 6.42 Å². The molecule has 0 amide bonds. The Morgan fingerprint density at radius 3 is 2.33 bits per heavy atom. The summed E-state index contributed by atoms with van der Waals surface area (Å²) in [6.07, 6.45) is -4.27. The summed E-state index contributed by atoms with van der Waals surface area (Å²) < 4.78 is 41.3. The molecule has 0 aliphatic rings. The van der Waals surface area contributed by atoms with Crippen molar-refractivity contribution in [1.82, 2.24) is 0 Å². The quantitative estimate of drug-likeness (QED) is 0.920. The minimum atomic E-state index is -4.72. The van der Waals surface area contributed by atoms with E-state index in [2.05, 4.69) is 4.74 Å². The molecule has 2 aromatic rings. The van der Waals surface area contributed by atoms with Gasteiger partial charge in [0.1, 0.15) is 5.75 Å². The summed E-state index contributed by atoms with van der Waals surface area (Å²) in [4.78, 5) is 0. The van der Waals surface area contributed by atoms with E-state index in [0.29, 0.717) is 12.0 Å². The number of hydrogen-bond donors (Lipinski definition) is 1. The van der Waals surface area contributed by atoms with Crippen molar-refractivity contribution >= 4 is 0 Å². The first kappa shape index (κ1) is 15.4. The number of aryl methyl sites for hydroxylation is 1. The maximum atomic E-state index is 12.4. The molecule has 2 rings (SSSR count). The van der Waals surface area contributed by atoms with Gasteiger partial charge in [-0.05, 0) is 30.5 Å². The summed E-state index contributed by atoms with van der Waals surface area (Å²) in [5.41, 5.74) is 8.48. The minimum absolute atomic E-state index is 0.244. The number of alkyl halides is 3. The second-order valence-corrected chi connectivity index (χ2v) is 4.82. The monoisotopic (exact) mass is 295 g/mol. The highest BCUT2D eigenvalue weighted by atomic mass is 19.4. The van der Waals surface area contributed by atoms with Crippen LogP contribution in [0.25, 0.3) is 0 Å². The summed E-state index contributed by atoms with van der Waals surface area (Å²) in [7, 11) is 0. The predicted molar refractivity (Wildman–Crippen MR) is 74.9 cm³/mol. The lowest BCUT2D eigenvalue weighted by atomic mass is 9.96. The van der Waals surface area contributed by atoms with Crippen molar-refractivity contribution in [3.63, 3.8) is 0 Å². The molecule has 0 fully saturated rings. The van der Waals surface area contributed by atoms with Crippen LogP contribution in [0.3, 0.4) is 0 Å². The Morgan fingerprint density at radius 1 is 1.05 bits per heavy atom. The third-order valence-electron chi connectivity index (χ3n) is 3.25. The van der Waals surface area contributed by atoms with E-state index in [4.69, 9.17) is 5.73 Å². The van der Waals surface area contributed by atoms with Crippen LogP contribution in [0.5, 0.6) is 5.75 Å². The molecule has 0 heterocycles. The summed E-state index contributed by atoms with van der Waals surface area (Å²) in [5, 5.41) is 0. The lowest BCUT2D eigenvalue weighted by Gasteiger charge is -2.18. The molecule has 5 heteroatoms. The number of halogens is 3. The smallest absolute Gasteiger partial charge is 0.405 e. The molecule has 0 radical (unpaired) electrons. The molecule has 0 spiro atoms. The highest BCUT2D eigenvalue weighted by molar-refractivity contribution is 5.38. The predicted octanol–water partition coefficient (Wildman–Crippen LogP) is 4.14. The van der Waals surface area contributed by atoms with Gasteiger partial charge in [-0.3, -0.25) is 0 Å². The van der Waals surface area contributed by atoms with Crippen LogP contribution < -0.4 is 10.5 Å². The first-order chi connectivity index (χ1) is 9.87. The van der Waals surface area contributed by atoms with Gasteiger partial charge in [-0.15, -0.1) is 13.2 Å². The molecule has 0 aliphatic carbocycles. The molecule has 2 nitrogen and oxygen atoms in total. The van der Waals surface area contributed by atoms with Gasteiger partial charge in [-0.1, -0.05) is 42.5 Å². The number of ether oxygens (including phenoxy) is 1. The molecule has 112 valence electrons. The summed E-state index contributed by atoms with van der Waals surface area (Å²) >= 11 is 0. The van der Waals surface area contributed by atoms with Crippen molar-refractivity contribution in [3.8, 4) is 5.75 Å². The average Bonchev–Trinajstić information content (AvgIpc) is 2.40. The molecule has 2 aromatic carbocycles.